The highest BCUT2D eigenvalue weighted by Gasteiger charge is 2.33. The van der Waals surface area contributed by atoms with Gasteiger partial charge in [0.05, 0.1) is 6.54 Å². The van der Waals surface area contributed by atoms with Crippen molar-refractivity contribution in [2.24, 2.45) is 0 Å². The number of hydrogen-bond acceptors (Lipinski definition) is 2. The molecule has 1 aliphatic heterocycles. The van der Waals surface area contributed by atoms with Gasteiger partial charge >= 0.3 is 6.03 Å². The summed E-state index contributed by atoms with van der Waals surface area (Å²) in [5.74, 6) is -0.902. The average Bonchev–Trinajstić information content (AvgIpc) is 2.78. The lowest BCUT2D eigenvalue weighted by molar-refractivity contribution is -0.123. The third kappa shape index (κ3) is 2.74. The summed E-state index contributed by atoms with van der Waals surface area (Å²) in [5.41, 5.74) is 1.29. The Bertz CT molecular complexity index is 756. The van der Waals surface area contributed by atoms with Gasteiger partial charge in [0, 0.05) is 5.56 Å². The normalized spacial score (nSPS) is 16.2. The minimum absolute atomic E-state index is 0.0938. The van der Waals surface area contributed by atoms with Crippen LogP contribution < -0.4 is 5.32 Å². The van der Waals surface area contributed by atoms with Crippen molar-refractivity contribution in [3.8, 4) is 0 Å². The molecule has 3 rings (SSSR count). The molecule has 22 heavy (non-hydrogen) atoms. The topological polar surface area (TPSA) is 49.4 Å². The Kier molecular flexibility index (Phi) is 3.70. The number of carbonyl (C=O) groups is 2. The number of rotatable bonds is 3. The number of urea groups is 1. The van der Waals surface area contributed by atoms with Crippen LogP contribution in [0.5, 0.6) is 0 Å². The number of imide groups is 1. The molecule has 110 valence electrons. The van der Waals surface area contributed by atoms with E-state index in [1.165, 1.54) is 6.07 Å². The van der Waals surface area contributed by atoms with Gasteiger partial charge in [-0.1, -0.05) is 48.5 Å². The molecule has 0 spiro atoms. The first-order valence-corrected chi connectivity index (χ1v) is 6.78. The van der Waals surface area contributed by atoms with Gasteiger partial charge in [0.1, 0.15) is 11.5 Å². The zero-order valence-corrected chi connectivity index (χ0v) is 11.6. The molecule has 0 aliphatic carbocycles. The number of amides is 3. The standard InChI is InChI=1S/C17H13FN2O2/c18-14-9-5-4-8-13(14)11-20-16(21)15(19-17(20)22)10-12-6-2-1-3-7-12/h1-10H,11H2,(H,19,22)/b15-10+. The highest BCUT2D eigenvalue weighted by molar-refractivity contribution is 6.13. The van der Waals surface area contributed by atoms with E-state index in [1.54, 1.807) is 24.3 Å². The van der Waals surface area contributed by atoms with Crippen molar-refractivity contribution in [3.63, 3.8) is 0 Å². The van der Waals surface area contributed by atoms with E-state index in [4.69, 9.17) is 0 Å². The summed E-state index contributed by atoms with van der Waals surface area (Å²) in [6.45, 7) is -0.0938. The molecule has 0 atom stereocenters. The molecule has 0 saturated carbocycles. The predicted molar refractivity (Wildman–Crippen MR) is 79.9 cm³/mol. The van der Waals surface area contributed by atoms with Crippen molar-refractivity contribution in [1.82, 2.24) is 10.2 Å². The third-order valence-electron chi connectivity index (χ3n) is 3.36. The first-order valence-electron chi connectivity index (χ1n) is 6.78. The molecule has 0 aromatic heterocycles. The number of halogens is 1. The molecule has 1 aliphatic rings. The summed E-state index contributed by atoms with van der Waals surface area (Å²) >= 11 is 0. The molecule has 0 radical (unpaired) electrons. The van der Waals surface area contributed by atoms with Crippen LogP contribution in [0.2, 0.25) is 0 Å². The van der Waals surface area contributed by atoms with Crippen LogP contribution in [-0.4, -0.2) is 16.8 Å². The Morgan fingerprint density at radius 1 is 1.00 bits per heavy atom. The highest BCUT2D eigenvalue weighted by atomic mass is 19.1. The molecule has 5 heteroatoms. The van der Waals surface area contributed by atoms with Gasteiger partial charge in [-0.25, -0.2) is 9.18 Å². The van der Waals surface area contributed by atoms with Crippen molar-refractivity contribution in [3.05, 3.63) is 77.2 Å². The molecular weight excluding hydrogens is 283 g/mol. The third-order valence-corrected chi connectivity index (χ3v) is 3.36. The van der Waals surface area contributed by atoms with Crippen LogP contribution in [0.15, 0.2) is 60.3 Å². The van der Waals surface area contributed by atoms with E-state index in [2.05, 4.69) is 5.32 Å². The zero-order valence-electron chi connectivity index (χ0n) is 11.6. The lowest BCUT2D eigenvalue weighted by Gasteiger charge is -2.12. The van der Waals surface area contributed by atoms with Crippen LogP contribution >= 0.6 is 0 Å². The monoisotopic (exact) mass is 296 g/mol. The summed E-state index contributed by atoms with van der Waals surface area (Å²) in [7, 11) is 0. The number of carbonyl (C=O) groups excluding carboxylic acids is 2. The fourth-order valence-electron chi connectivity index (χ4n) is 2.23. The summed E-state index contributed by atoms with van der Waals surface area (Å²) < 4.78 is 13.7. The second-order valence-electron chi connectivity index (χ2n) is 4.88. The molecule has 2 aromatic carbocycles. The first-order chi connectivity index (χ1) is 10.6. The van der Waals surface area contributed by atoms with Crippen LogP contribution in [0, 0.1) is 5.82 Å². The second kappa shape index (κ2) is 5.81. The SMILES string of the molecule is O=C1N/C(=C/c2ccccc2)C(=O)N1Cc1ccccc1F. The van der Waals surface area contributed by atoms with E-state index >= 15 is 0 Å². The zero-order chi connectivity index (χ0) is 15.5. The Hall–Kier alpha value is -2.95. The molecule has 0 bridgehead atoms. The number of nitrogens with one attached hydrogen (secondary N) is 1. The van der Waals surface area contributed by atoms with Crippen molar-refractivity contribution in [1.29, 1.82) is 0 Å². The van der Waals surface area contributed by atoms with E-state index in [1.807, 2.05) is 30.3 Å². The van der Waals surface area contributed by atoms with Gasteiger partial charge in [-0.3, -0.25) is 9.69 Å². The van der Waals surface area contributed by atoms with Crippen molar-refractivity contribution in [2.75, 3.05) is 0 Å². The Morgan fingerprint density at radius 2 is 1.68 bits per heavy atom. The van der Waals surface area contributed by atoms with E-state index in [-0.39, 0.29) is 12.2 Å². The quantitative estimate of drug-likeness (QED) is 0.699. The van der Waals surface area contributed by atoms with E-state index in [0.717, 1.165) is 10.5 Å². The van der Waals surface area contributed by atoms with Gasteiger partial charge in [0.15, 0.2) is 0 Å². The molecular formula is C17H13FN2O2. The average molecular weight is 296 g/mol. The maximum Gasteiger partial charge on any atom is 0.329 e. The number of nitrogens with zero attached hydrogens (tertiary/aromatic N) is 1. The molecule has 0 unspecified atom stereocenters. The summed E-state index contributed by atoms with van der Waals surface area (Å²) in [6, 6.07) is 14.7. The van der Waals surface area contributed by atoms with Gasteiger partial charge in [-0.05, 0) is 17.7 Å². The fourth-order valence-corrected chi connectivity index (χ4v) is 2.23. The molecule has 1 fully saturated rings. The first kappa shape index (κ1) is 14.0. The van der Waals surface area contributed by atoms with E-state index in [0.29, 0.717) is 5.56 Å². The summed E-state index contributed by atoms with van der Waals surface area (Å²) in [5, 5.41) is 2.52. The second-order valence-corrected chi connectivity index (χ2v) is 4.88. The molecule has 1 N–H and O–H groups in total. The molecule has 3 amide bonds. The Labute approximate surface area is 126 Å². The summed E-state index contributed by atoms with van der Waals surface area (Å²) in [6.07, 6.45) is 1.60. The van der Waals surface area contributed by atoms with Gasteiger partial charge < -0.3 is 5.32 Å². The predicted octanol–water partition coefficient (Wildman–Crippen LogP) is 2.92. The van der Waals surface area contributed by atoms with Gasteiger partial charge in [0.25, 0.3) is 5.91 Å². The fraction of sp³-hybridized carbons (Fsp3) is 0.0588. The minimum Gasteiger partial charge on any atom is -0.303 e. The lowest BCUT2D eigenvalue weighted by atomic mass is 10.2. The summed E-state index contributed by atoms with van der Waals surface area (Å²) in [4.78, 5) is 25.2. The van der Waals surface area contributed by atoms with Crippen molar-refractivity contribution < 1.29 is 14.0 Å². The largest absolute Gasteiger partial charge is 0.329 e. The van der Waals surface area contributed by atoms with Crippen molar-refractivity contribution >= 4 is 18.0 Å². The van der Waals surface area contributed by atoms with Crippen LogP contribution in [0.25, 0.3) is 6.08 Å². The maximum atomic E-state index is 13.7. The van der Waals surface area contributed by atoms with Gasteiger partial charge in [0.2, 0.25) is 0 Å². The molecule has 4 nitrogen and oxygen atoms in total. The van der Waals surface area contributed by atoms with Crippen LogP contribution in [-0.2, 0) is 11.3 Å². The van der Waals surface area contributed by atoms with Crippen molar-refractivity contribution in [2.45, 2.75) is 6.54 Å². The lowest BCUT2D eigenvalue weighted by Crippen LogP contribution is -2.30. The molecule has 1 heterocycles. The number of hydrogen-bond donors (Lipinski definition) is 1. The molecule has 1 saturated heterocycles. The van der Waals surface area contributed by atoms with E-state index < -0.39 is 17.8 Å². The van der Waals surface area contributed by atoms with Gasteiger partial charge in [-0.15, -0.1) is 0 Å². The minimum atomic E-state index is -0.546. The van der Waals surface area contributed by atoms with Gasteiger partial charge in [-0.2, -0.15) is 0 Å². The highest BCUT2D eigenvalue weighted by Crippen LogP contribution is 2.18. The smallest absolute Gasteiger partial charge is 0.303 e. The van der Waals surface area contributed by atoms with E-state index in [9.17, 15) is 14.0 Å². The van der Waals surface area contributed by atoms with Crippen LogP contribution in [0.1, 0.15) is 11.1 Å². The Morgan fingerprint density at radius 3 is 2.41 bits per heavy atom. The maximum absolute atomic E-state index is 13.7. The number of benzene rings is 2. The van der Waals surface area contributed by atoms with Crippen LogP contribution in [0.4, 0.5) is 9.18 Å². The Balaban J connectivity index is 1.83. The van der Waals surface area contributed by atoms with Crippen LogP contribution in [0.3, 0.4) is 0 Å². The molecule has 2 aromatic rings.